The van der Waals surface area contributed by atoms with Crippen molar-refractivity contribution in [3.63, 3.8) is 0 Å². The minimum absolute atomic E-state index is 0.208. The summed E-state index contributed by atoms with van der Waals surface area (Å²) in [7, 11) is 0. The standard InChI is InChI=1S/C44H49ClN8O2/c1-29-24-36-38(52-23-17-41(54)48-44(52)55)5-2-6-39(36)53(29)35-15-19-49(20-16-35)27-30-13-21-50(22-14-30)34-9-7-31(8-10-34)32-4-3-18-51(28-32)40-12-11-37(45)42-33(25-46)26-47-43(40)42/h2,5-12,24,26,30,32,35,47H,3-4,13-23,27-28H2,1H3,(H,48,54,55)/t32-/m1/s1. The lowest BCUT2D eigenvalue weighted by atomic mass is 9.89. The summed E-state index contributed by atoms with van der Waals surface area (Å²) in [5.41, 5.74) is 8.68. The van der Waals surface area contributed by atoms with Gasteiger partial charge in [0.2, 0.25) is 5.91 Å². The van der Waals surface area contributed by atoms with Gasteiger partial charge in [-0.05, 0) is 99.4 Å². The molecular weight excluding hydrogens is 708 g/mol. The van der Waals surface area contributed by atoms with Crippen LogP contribution in [0.15, 0.2) is 66.9 Å². The topological polar surface area (TPSA) is 104 Å². The molecule has 3 aromatic carbocycles. The smallest absolute Gasteiger partial charge is 0.328 e. The predicted molar refractivity (Wildman–Crippen MR) is 220 cm³/mol. The first-order chi connectivity index (χ1) is 26.8. The molecule has 4 aliphatic rings. The molecule has 2 aromatic heterocycles. The normalized spacial score (nSPS) is 20.7. The van der Waals surface area contributed by atoms with E-state index in [-0.39, 0.29) is 11.9 Å². The highest BCUT2D eigenvalue weighted by Gasteiger charge is 2.30. The zero-order valence-electron chi connectivity index (χ0n) is 31.6. The van der Waals surface area contributed by atoms with Gasteiger partial charge in [0.25, 0.3) is 0 Å². The second-order valence-electron chi connectivity index (χ2n) is 16.1. The first-order valence-corrected chi connectivity index (χ1v) is 20.5. The van der Waals surface area contributed by atoms with E-state index in [1.54, 1.807) is 11.1 Å². The van der Waals surface area contributed by atoms with Crippen LogP contribution in [0.5, 0.6) is 0 Å². The number of aromatic amines is 1. The predicted octanol–water partition coefficient (Wildman–Crippen LogP) is 8.34. The van der Waals surface area contributed by atoms with E-state index in [4.69, 9.17) is 11.6 Å². The molecule has 4 saturated heterocycles. The summed E-state index contributed by atoms with van der Waals surface area (Å²) in [6, 6.07) is 24.2. The van der Waals surface area contributed by atoms with Gasteiger partial charge >= 0.3 is 6.03 Å². The third kappa shape index (κ3) is 6.82. The Bertz CT molecular complexity index is 2270. The fourth-order valence-electron chi connectivity index (χ4n) is 9.95. The number of aromatic nitrogens is 2. The number of halogens is 1. The van der Waals surface area contributed by atoms with E-state index >= 15 is 0 Å². The van der Waals surface area contributed by atoms with Crippen molar-refractivity contribution in [2.75, 3.05) is 67.1 Å². The number of fused-ring (bicyclic) bond motifs is 2. The second kappa shape index (κ2) is 14.9. The quantitative estimate of drug-likeness (QED) is 0.173. The van der Waals surface area contributed by atoms with Crippen molar-refractivity contribution in [2.24, 2.45) is 5.92 Å². The van der Waals surface area contributed by atoms with Crippen LogP contribution in [0.4, 0.5) is 21.9 Å². The number of likely N-dealkylation sites (tertiary alicyclic amines) is 1. The minimum atomic E-state index is -0.333. The molecule has 5 aromatic rings. The number of piperidine rings is 3. The Labute approximate surface area is 327 Å². The van der Waals surface area contributed by atoms with Crippen molar-refractivity contribution < 1.29 is 9.59 Å². The summed E-state index contributed by atoms with van der Waals surface area (Å²) in [4.78, 5) is 37.2. The first kappa shape index (κ1) is 35.7. The van der Waals surface area contributed by atoms with E-state index in [0.717, 1.165) is 92.1 Å². The number of rotatable bonds is 7. The van der Waals surface area contributed by atoms with E-state index in [1.165, 1.54) is 48.3 Å². The molecule has 55 heavy (non-hydrogen) atoms. The maximum Gasteiger partial charge on any atom is 0.328 e. The molecule has 0 saturated carbocycles. The molecule has 9 rings (SSSR count). The average Bonchev–Trinajstić information content (AvgIpc) is 3.80. The van der Waals surface area contributed by atoms with Crippen LogP contribution in [0.3, 0.4) is 0 Å². The number of benzene rings is 3. The largest absolute Gasteiger partial charge is 0.372 e. The summed E-state index contributed by atoms with van der Waals surface area (Å²) < 4.78 is 2.49. The van der Waals surface area contributed by atoms with E-state index in [0.29, 0.717) is 35.5 Å². The highest BCUT2D eigenvalue weighted by molar-refractivity contribution is 6.36. The monoisotopic (exact) mass is 756 g/mol. The zero-order valence-corrected chi connectivity index (χ0v) is 32.3. The van der Waals surface area contributed by atoms with Crippen molar-refractivity contribution >= 4 is 62.4 Å². The summed E-state index contributed by atoms with van der Waals surface area (Å²) >= 11 is 6.50. The minimum Gasteiger partial charge on any atom is -0.372 e. The SMILES string of the molecule is Cc1cc2c(N3CCC(=O)NC3=O)cccc2n1C1CCN(CC2CCN(c3ccc([C@@H]4CCCN(c5ccc(Cl)c6c(C#N)c[nH]c56)C4)cc3)CC2)CC1. The number of nitrogens with zero attached hydrogens (tertiary/aromatic N) is 6. The van der Waals surface area contributed by atoms with Crippen molar-refractivity contribution in [1.82, 2.24) is 19.8 Å². The number of nitriles is 1. The van der Waals surface area contributed by atoms with Crippen LogP contribution in [0.1, 0.15) is 73.7 Å². The number of anilines is 3. The molecule has 1 atom stereocenters. The number of amides is 3. The molecule has 0 bridgehead atoms. The molecular formula is C44H49ClN8O2. The van der Waals surface area contributed by atoms with Crippen LogP contribution >= 0.6 is 11.6 Å². The highest BCUT2D eigenvalue weighted by Crippen LogP contribution is 2.39. The van der Waals surface area contributed by atoms with Crippen LogP contribution in [-0.4, -0.2) is 78.7 Å². The molecule has 284 valence electrons. The number of H-pyrrole nitrogens is 1. The van der Waals surface area contributed by atoms with Crippen LogP contribution in [0.2, 0.25) is 5.02 Å². The van der Waals surface area contributed by atoms with Gasteiger partial charge in [0.15, 0.2) is 0 Å². The summed E-state index contributed by atoms with van der Waals surface area (Å²) in [5.74, 6) is 0.978. The second-order valence-corrected chi connectivity index (χ2v) is 16.5. The van der Waals surface area contributed by atoms with Crippen molar-refractivity contribution in [2.45, 2.75) is 63.8 Å². The Morgan fingerprint density at radius 3 is 2.44 bits per heavy atom. The third-order valence-electron chi connectivity index (χ3n) is 12.8. The molecule has 4 aliphatic heterocycles. The highest BCUT2D eigenvalue weighted by atomic mass is 35.5. The first-order valence-electron chi connectivity index (χ1n) is 20.1. The Morgan fingerprint density at radius 2 is 1.67 bits per heavy atom. The van der Waals surface area contributed by atoms with Gasteiger partial charge in [-0.2, -0.15) is 5.26 Å². The van der Waals surface area contributed by atoms with Crippen LogP contribution < -0.4 is 20.0 Å². The molecule has 0 spiro atoms. The van der Waals surface area contributed by atoms with Gasteiger partial charge in [0.05, 0.1) is 33.0 Å². The summed E-state index contributed by atoms with van der Waals surface area (Å²) in [6.07, 6.45) is 9.08. The van der Waals surface area contributed by atoms with Crippen LogP contribution in [-0.2, 0) is 4.79 Å². The van der Waals surface area contributed by atoms with Crippen LogP contribution in [0.25, 0.3) is 21.8 Å². The van der Waals surface area contributed by atoms with Gasteiger partial charge in [-0.15, -0.1) is 0 Å². The van der Waals surface area contributed by atoms with E-state index < -0.39 is 0 Å². The third-order valence-corrected chi connectivity index (χ3v) is 13.1. The molecule has 6 heterocycles. The molecule has 2 N–H and O–H groups in total. The van der Waals surface area contributed by atoms with Crippen molar-refractivity contribution in [3.05, 3.63) is 88.7 Å². The number of carbonyl (C=O) groups is 2. The van der Waals surface area contributed by atoms with Gasteiger partial charge < -0.3 is 24.3 Å². The van der Waals surface area contributed by atoms with Gasteiger partial charge in [-0.25, -0.2) is 4.79 Å². The molecule has 10 nitrogen and oxygen atoms in total. The number of hydrogen-bond donors (Lipinski definition) is 2. The van der Waals surface area contributed by atoms with Crippen molar-refractivity contribution in [1.29, 1.82) is 5.26 Å². The lowest BCUT2D eigenvalue weighted by Crippen LogP contribution is -2.49. The molecule has 0 aliphatic carbocycles. The van der Waals surface area contributed by atoms with E-state index in [2.05, 4.69) is 85.0 Å². The molecule has 3 amide bonds. The Balaban J connectivity index is 0.775. The maximum absolute atomic E-state index is 12.7. The Hall–Kier alpha value is -4.98. The number of nitrogens with one attached hydrogen (secondary N) is 2. The van der Waals surface area contributed by atoms with Gasteiger partial charge in [-0.1, -0.05) is 29.8 Å². The van der Waals surface area contributed by atoms with E-state index in [9.17, 15) is 14.9 Å². The Kier molecular flexibility index (Phi) is 9.69. The number of aryl methyl sites for hydroxylation is 1. The fraction of sp³-hybridized carbons (Fsp3) is 0.432. The summed E-state index contributed by atoms with van der Waals surface area (Å²) in [5, 5.41) is 14.6. The fourth-order valence-corrected chi connectivity index (χ4v) is 10.2. The zero-order chi connectivity index (χ0) is 37.6. The van der Waals surface area contributed by atoms with Crippen LogP contribution in [0, 0.1) is 24.2 Å². The Morgan fingerprint density at radius 1 is 0.873 bits per heavy atom. The molecule has 4 fully saturated rings. The number of imide groups is 1. The number of carbonyl (C=O) groups excluding carboxylic acids is 2. The van der Waals surface area contributed by atoms with Crippen molar-refractivity contribution in [3.8, 4) is 6.07 Å². The molecule has 0 unspecified atom stereocenters. The van der Waals surface area contributed by atoms with Gasteiger partial charge in [-0.3, -0.25) is 15.0 Å². The maximum atomic E-state index is 12.7. The van der Waals surface area contributed by atoms with Gasteiger partial charge in [0, 0.05) is 99.1 Å². The average molecular weight is 757 g/mol. The number of urea groups is 1. The van der Waals surface area contributed by atoms with Gasteiger partial charge in [0.1, 0.15) is 6.07 Å². The molecule has 0 radical (unpaired) electrons. The lowest BCUT2D eigenvalue weighted by molar-refractivity contribution is -0.120. The molecule has 11 heteroatoms. The lowest BCUT2D eigenvalue weighted by Gasteiger charge is -2.39. The number of hydrogen-bond acceptors (Lipinski definition) is 6. The summed E-state index contributed by atoms with van der Waals surface area (Å²) in [6.45, 7) is 10.1. The van der Waals surface area contributed by atoms with E-state index in [1.807, 2.05) is 18.2 Å².